The largest absolute Gasteiger partial charge is 0.410 e. The number of rotatable bonds is 2. The van der Waals surface area contributed by atoms with Gasteiger partial charge in [-0.1, -0.05) is 71.9 Å². The third-order valence-electron chi connectivity index (χ3n) is 4.41. The zero-order valence-electron chi connectivity index (χ0n) is 13.3. The second-order valence-electron chi connectivity index (χ2n) is 5.84. The van der Waals surface area contributed by atoms with Gasteiger partial charge in [0.15, 0.2) is 0 Å². The third kappa shape index (κ3) is 2.50. The first-order valence-corrected chi connectivity index (χ1v) is 7.95. The normalized spacial score (nSPS) is 15.5. The Balaban J connectivity index is 1.88. The summed E-state index contributed by atoms with van der Waals surface area (Å²) in [5.74, 6) is 0. The average Bonchev–Trinajstić information content (AvgIpc) is 3.07. The van der Waals surface area contributed by atoms with Crippen molar-refractivity contribution in [2.45, 2.75) is 0 Å². The van der Waals surface area contributed by atoms with Crippen LogP contribution in [0.15, 0.2) is 89.6 Å². The summed E-state index contributed by atoms with van der Waals surface area (Å²) in [6.45, 7) is 0. The molecule has 0 aliphatic heterocycles. The highest BCUT2D eigenvalue weighted by molar-refractivity contribution is 6.40. The number of hydrogen-bond acceptors (Lipinski definition) is 3. The van der Waals surface area contributed by atoms with Gasteiger partial charge in [0.05, 0.1) is 5.57 Å². The molecule has 4 rings (SSSR count). The quantitative estimate of drug-likeness (QED) is 0.530. The van der Waals surface area contributed by atoms with Crippen molar-refractivity contribution in [2.24, 2.45) is 5.16 Å². The molecule has 118 valence electrons. The fraction of sp³-hybridized carbons (Fsp3) is 0. The van der Waals surface area contributed by atoms with Crippen molar-refractivity contribution < 1.29 is 5.21 Å². The molecule has 3 nitrogen and oxygen atoms in total. The minimum absolute atomic E-state index is 0.316. The minimum Gasteiger partial charge on any atom is -0.410 e. The van der Waals surface area contributed by atoms with Crippen LogP contribution in [0.25, 0.3) is 21.9 Å². The molecule has 0 unspecified atom stereocenters. The van der Waals surface area contributed by atoms with Crippen LogP contribution in [0.4, 0.5) is 0 Å². The number of oxime groups is 1. The van der Waals surface area contributed by atoms with E-state index in [4.69, 9.17) is 0 Å². The second kappa shape index (κ2) is 6.10. The van der Waals surface area contributed by atoms with Crippen LogP contribution in [-0.4, -0.2) is 10.9 Å². The molecular formula is C22H14N2O. The molecule has 1 N–H and O–H groups in total. The Bertz CT molecular complexity index is 1100. The first-order valence-electron chi connectivity index (χ1n) is 7.95. The minimum atomic E-state index is 0.316. The van der Waals surface area contributed by atoms with E-state index in [1.54, 1.807) is 0 Å². The molecule has 25 heavy (non-hydrogen) atoms. The Kier molecular flexibility index (Phi) is 3.64. The Morgan fingerprint density at radius 1 is 0.800 bits per heavy atom. The zero-order valence-corrected chi connectivity index (χ0v) is 13.3. The Morgan fingerprint density at radius 3 is 2.24 bits per heavy atom. The molecule has 1 aliphatic carbocycles. The van der Waals surface area contributed by atoms with E-state index >= 15 is 0 Å². The van der Waals surface area contributed by atoms with Gasteiger partial charge in [-0.2, -0.15) is 5.26 Å². The van der Waals surface area contributed by atoms with Crippen LogP contribution >= 0.6 is 0 Å². The lowest BCUT2D eigenvalue weighted by atomic mass is 9.98. The monoisotopic (exact) mass is 322 g/mol. The lowest BCUT2D eigenvalue weighted by Gasteiger charge is -2.06. The number of nitriles is 1. The molecule has 3 aromatic carbocycles. The summed E-state index contributed by atoms with van der Waals surface area (Å²) in [7, 11) is 0. The number of hydrogen-bond donors (Lipinski definition) is 1. The number of fused-ring (bicyclic) bond motifs is 1. The molecule has 3 heteroatoms. The maximum Gasteiger partial charge on any atom is 0.128 e. The zero-order chi connectivity index (χ0) is 17.2. The second-order valence-corrected chi connectivity index (χ2v) is 5.84. The van der Waals surface area contributed by atoms with E-state index < -0.39 is 0 Å². The van der Waals surface area contributed by atoms with Crippen LogP contribution in [-0.2, 0) is 0 Å². The summed E-state index contributed by atoms with van der Waals surface area (Å²) in [5.41, 5.74) is 4.08. The number of allylic oxidation sites excluding steroid dienone is 4. The van der Waals surface area contributed by atoms with Gasteiger partial charge in [0, 0.05) is 11.1 Å². The van der Waals surface area contributed by atoms with Crippen molar-refractivity contribution in [1.82, 2.24) is 0 Å². The Labute approximate surface area is 145 Å². The summed E-state index contributed by atoms with van der Waals surface area (Å²) >= 11 is 0. The molecule has 0 saturated carbocycles. The van der Waals surface area contributed by atoms with Crippen molar-refractivity contribution in [1.29, 1.82) is 5.26 Å². The highest BCUT2D eigenvalue weighted by Gasteiger charge is 2.26. The van der Waals surface area contributed by atoms with E-state index in [1.807, 2.05) is 66.7 Å². The van der Waals surface area contributed by atoms with Crippen molar-refractivity contribution in [3.63, 3.8) is 0 Å². The predicted octanol–water partition coefficient (Wildman–Crippen LogP) is 5.04. The van der Waals surface area contributed by atoms with E-state index in [9.17, 15) is 10.5 Å². The van der Waals surface area contributed by atoms with Gasteiger partial charge in [-0.15, -0.1) is 0 Å². The molecule has 0 bridgehead atoms. The van der Waals surface area contributed by atoms with Gasteiger partial charge in [-0.25, -0.2) is 0 Å². The van der Waals surface area contributed by atoms with Crippen molar-refractivity contribution in [2.75, 3.05) is 0 Å². The highest BCUT2D eigenvalue weighted by atomic mass is 16.4. The fourth-order valence-corrected chi connectivity index (χ4v) is 3.19. The summed E-state index contributed by atoms with van der Waals surface area (Å²) in [4.78, 5) is 0. The standard InChI is InChI=1S/C22H14N2O/c23-14-21-19(16-7-2-1-3-8-16)13-20(22(21)24-25)18-11-10-15-6-4-5-9-17(15)12-18/h1-13,25H/b24-22-. The molecule has 0 atom stereocenters. The van der Waals surface area contributed by atoms with E-state index in [0.29, 0.717) is 11.3 Å². The molecular weight excluding hydrogens is 308 g/mol. The molecule has 0 aromatic heterocycles. The highest BCUT2D eigenvalue weighted by Crippen LogP contribution is 2.36. The van der Waals surface area contributed by atoms with Crippen LogP contribution in [0.1, 0.15) is 11.1 Å². The van der Waals surface area contributed by atoms with Crippen molar-refractivity contribution in [3.8, 4) is 6.07 Å². The number of benzene rings is 3. The maximum absolute atomic E-state index is 9.60. The van der Waals surface area contributed by atoms with Crippen LogP contribution in [0.5, 0.6) is 0 Å². The molecule has 0 fully saturated rings. The van der Waals surface area contributed by atoms with Gasteiger partial charge >= 0.3 is 0 Å². The predicted molar refractivity (Wildman–Crippen MR) is 100 cm³/mol. The molecule has 1 aliphatic rings. The van der Waals surface area contributed by atoms with Crippen LogP contribution in [0.2, 0.25) is 0 Å². The van der Waals surface area contributed by atoms with Crippen LogP contribution in [0, 0.1) is 11.3 Å². The van der Waals surface area contributed by atoms with Gasteiger partial charge in [-0.3, -0.25) is 0 Å². The fourth-order valence-electron chi connectivity index (χ4n) is 3.19. The van der Waals surface area contributed by atoms with E-state index in [1.165, 1.54) is 0 Å². The molecule has 3 aromatic rings. The lowest BCUT2D eigenvalue weighted by molar-refractivity contribution is 0.320. The van der Waals surface area contributed by atoms with Gasteiger partial charge in [0.1, 0.15) is 11.8 Å². The Morgan fingerprint density at radius 2 is 1.52 bits per heavy atom. The van der Waals surface area contributed by atoms with E-state index in [-0.39, 0.29) is 0 Å². The van der Waals surface area contributed by atoms with Gasteiger partial charge in [0.25, 0.3) is 0 Å². The van der Waals surface area contributed by atoms with Crippen molar-refractivity contribution >= 4 is 27.6 Å². The van der Waals surface area contributed by atoms with Gasteiger partial charge in [-0.05, 0) is 34.0 Å². The van der Waals surface area contributed by atoms with Gasteiger partial charge < -0.3 is 5.21 Å². The topological polar surface area (TPSA) is 56.4 Å². The van der Waals surface area contributed by atoms with E-state index in [0.717, 1.165) is 33.0 Å². The summed E-state index contributed by atoms with van der Waals surface area (Å²) in [6, 6.07) is 26.0. The summed E-state index contributed by atoms with van der Waals surface area (Å²) in [6.07, 6.45) is 1.92. The van der Waals surface area contributed by atoms with Crippen LogP contribution < -0.4 is 0 Å². The summed E-state index contributed by atoms with van der Waals surface area (Å²) in [5, 5.41) is 24.8. The third-order valence-corrected chi connectivity index (χ3v) is 4.41. The molecule has 0 radical (unpaired) electrons. The van der Waals surface area contributed by atoms with Crippen molar-refractivity contribution in [3.05, 3.63) is 95.6 Å². The van der Waals surface area contributed by atoms with Gasteiger partial charge in [0.2, 0.25) is 0 Å². The maximum atomic E-state index is 9.60. The molecule has 0 heterocycles. The molecule has 0 amide bonds. The first-order chi connectivity index (χ1) is 12.3. The van der Waals surface area contributed by atoms with E-state index in [2.05, 4.69) is 23.4 Å². The average molecular weight is 322 g/mol. The SMILES string of the molecule is N#CC1=C(c2ccccc2)C=C(c2ccc3ccccc3c2)/C1=N/O. The number of nitrogens with zero attached hydrogens (tertiary/aromatic N) is 2. The van der Waals surface area contributed by atoms with Crippen LogP contribution in [0.3, 0.4) is 0 Å². The lowest BCUT2D eigenvalue weighted by Crippen LogP contribution is -2.01. The smallest absolute Gasteiger partial charge is 0.128 e. The first kappa shape index (κ1) is 14.9. The summed E-state index contributed by atoms with van der Waals surface area (Å²) < 4.78 is 0. The Hall–Kier alpha value is -3.64. The molecule has 0 spiro atoms. The molecule has 0 saturated heterocycles.